The fourth-order valence-corrected chi connectivity index (χ4v) is 3.28. The lowest BCUT2D eigenvalue weighted by molar-refractivity contribution is -0.149. The molecule has 0 saturated carbocycles. The van der Waals surface area contributed by atoms with Gasteiger partial charge in [0.1, 0.15) is 12.0 Å². The maximum Gasteiger partial charge on any atom is 0.255 e. The molecule has 1 saturated heterocycles. The van der Waals surface area contributed by atoms with E-state index in [1.807, 2.05) is 44.2 Å². The number of likely N-dealkylation sites (tertiary alicyclic amines) is 1. The van der Waals surface area contributed by atoms with Crippen LogP contribution in [0, 0.1) is 11.8 Å². The Morgan fingerprint density at radius 3 is 2.54 bits per heavy atom. The molecule has 7 nitrogen and oxygen atoms in total. The lowest BCUT2D eigenvalue weighted by Gasteiger charge is -2.28. The van der Waals surface area contributed by atoms with Crippen molar-refractivity contribution in [2.75, 3.05) is 6.54 Å². The zero-order valence-electron chi connectivity index (χ0n) is 15.3. The maximum atomic E-state index is 12.8. The number of rotatable bonds is 7. The molecule has 0 bridgehead atoms. The maximum absolute atomic E-state index is 12.8. The van der Waals surface area contributed by atoms with Crippen LogP contribution in [0.4, 0.5) is 0 Å². The van der Waals surface area contributed by atoms with E-state index in [1.165, 1.54) is 4.90 Å². The summed E-state index contributed by atoms with van der Waals surface area (Å²) in [4.78, 5) is 38.8. The Morgan fingerprint density at radius 1 is 1.23 bits per heavy atom. The van der Waals surface area contributed by atoms with E-state index in [0.717, 1.165) is 5.56 Å². The van der Waals surface area contributed by atoms with Gasteiger partial charge in [-0.05, 0) is 30.7 Å². The molecule has 1 fully saturated rings. The summed E-state index contributed by atoms with van der Waals surface area (Å²) in [6.07, 6.45) is 1.60. The minimum atomic E-state index is -0.984. The molecule has 142 valence electrons. The topological polar surface area (TPSA) is 98.7 Å². The van der Waals surface area contributed by atoms with Crippen LogP contribution in [-0.4, -0.2) is 40.4 Å². The molecular weight excluding hydrogens is 334 g/mol. The van der Waals surface area contributed by atoms with Crippen LogP contribution in [0.1, 0.15) is 38.7 Å². The van der Waals surface area contributed by atoms with Crippen molar-refractivity contribution in [1.29, 1.82) is 0 Å². The number of nitrogens with one attached hydrogen (secondary N) is 2. The molecular formula is C19H27N3O4. The Kier molecular flexibility index (Phi) is 7.15. The van der Waals surface area contributed by atoms with Crippen molar-refractivity contribution < 1.29 is 19.6 Å². The van der Waals surface area contributed by atoms with Gasteiger partial charge >= 0.3 is 0 Å². The number of carbonyl (C=O) groups excluding carboxylic acids is 3. The van der Waals surface area contributed by atoms with Gasteiger partial charge in [-0.3, -0.25) is 19.6 Å². The largest absolute Gasteiger partial charge is 0.350 e. The quantitative estimate of drug-likeness (QED) is 0.389. The standard InChI is InChI=1S/C19H27N3O4/c1-13(2)11-15(17(23)21-26)19(25)22-10-6-9-16(22)18(24)20-12-14-7-4-3-5-8-14/h3-5,7-8,13,15-16,26H,6,9-12H2,1-2H3,(H,20,24)(H,21,23)/t15-,16+/m1/s1. The molecule has 0 aliphatic carbocycles. The lowest BCUT2D eigenvalue weighted by atomic mass is 9.94. The summed E-state index contributed by atoms with van der Waals surface area (Å²) in [5.74, 6) is -2.22. The zero-order chi connectivity index (χ0) is 19.1. The second kappa shape index (κ2) is 9.33. The monoisotopic (exact) mass is 361 g/mol. The summed E-state index contributed by atoms with van der Waals surface area (Å²) in [6.45, 7) is 4.64. The van der Waals surface area contributed by atoms with E-state index in [0.29, 0.717) is 32.4 Å². The van der Waals surface area contributed by atoms with Gasteiger partial charge in [-0.15, -0.1) is 0 Å². The van der Waals surface area contributed by atoms with Gasteiger partial charge in [-0.25, -0.2) is 5.48 Å². The molecule has 0 radical (unpaired) electrons. The smallest absolute Gasteiger partial charge is 0.255 e. The second-order valence-corrected chi connectivity index (χ2v) is 7.05. The predicted molar refractivity (Wildman–Crippen MR) is 95.9 cm³/mol. The van der Waals surface area contributed by atoms with Crippen LogP contribution in [0.15, 0.2) is 30.3 Å². The Labute approximate surface area is 153 Å². The normalized spacial score (nSPS) is 17.8. The van der Waals surface area contributed by atoms with Crippen molar-refractivity contribution in [1.82, 2.24) is 15.7 Å². The van der Waals surface area contributed by atoms with Gasteiger partial charge < -0.3 is 10.2 Å². The summed E-state index contributed by atoms with van der Waals surface area (Å²) in [6, 6.07) is 8.97. The van der Waals surface area contributed by atoms with Gasteiger partial charge in [0.05, 0.1) is 0 Å². The molecule has 2 atom stereocenters. The molecule has 1 aromatic carbocycles. The Bertz CT molecular complexity index is 633. The number of amides is 3. The molecule has 1 heterocycles. The van der Waals surface area contributed by atoms with E-state index in [9.17, 15) is 14.4 Å². The Hall–Kier alpha value is -2.41. The summed E-state index contributed by atoms with van der Waals surface area (Å²) in [7, 11) is 0. The van der Waals surface area contributed by atoms with Crippen LogP contribution >= 0.6 is 0 Å². The van der Waals surface area contributed by atoms with Crippen LogP contribution in [0.5, 0.6) is 0 Å². The van der Waals surface area contributed by atoms with E-state index >= 15 is 0 Å². The first-order valence-corrected chi connectivity index (χ1v) is 9.00. The Morgan fingerprint density at radius 2 is 1.92 bits per heavy atom. The first-order valence-electron chi connectivity index (χ1n) is 9.00. The van der Waals surface area contributed by atoms with Gasteiger partial charge in [0.25, 0.3) is 5.91 Å². The summed E-state index contributed by atoms with van der Waals surface area (Å²) in [5.41, 5.74) is 2.56. The number of nitrogens with zero attached hydrogens (tertiary/aromatic N) is 1. The molecule has 3 amide bonds. The fourth-order valence-electron chi connectivity index (χ4n) is 3.28. The highest BCUT2D eigenvalue weighted by Crippen LogP contribution is 2.23. The highest BCUT2D eigenvalue weighted by Gasteiger charge is 2.39. The number of hydroxylamine groups is 1. The minimum Gasteiger partial charge on any atom is -0.350 e. The summed E-state index contributed by atoms with van der Waals surface area (Å²) < 4.78 is 0. The van der Waals surface area contributed by atoms with Gasteiger partial charge in [0.2, 0.25) is 11.8 Å². The number of benzene rings is 1. The van der Waals surface area contributed by atoms with Gasteiger partial charge in [0, 0.05) is 13.1 Å². The molecule has 7 heteroatoms. The third kappa shape index (κ3) is 5.05. The first kappa shape index (κ1) is 19.9. The molecule has 1 aliphatic rings. The van der Waals surface area contributed by atoms with Gasteiger partial charge in [-0.1, -0.05) is 44.2 Å². The van der Waals surface area contributed by atoms with Crippen molar-refractivity contribution >= 4 is 17.7 Å². The Balaban J connectivity index is 2.03. The third-order valence-electron chi connectivity index (χ3n) is 4.58. The molecule has 3 N–H and O–H groups in total. The molecule has 0 aromatic heterocycles. The lowest BCUT2D eigenvalue weighted by Crippen LogP contribution is -2.50. The number of hydrogen-bond donors (Lipinski definition) is 3. The van der Waals surface area contributed by atoms with E-state index in [4.69, 9.17) is 5.21 Å². The first-order chi connectivity index (χ1) is 12.4. The van der Waals surface area contributed by atoms with Crippen LogP contribution in [0.3, 0.4) is 0 Å². The van der Waals surface area contributed by atoms with Crippen LogP contribution < -0.4 is 10.8 Å². The third-order valence-corrected chi connectivity index (χ3v) is 4.58. The van der Waals surface area contributed by atoms with E-state index < -0.39 is 23.8 Å². The fraction of sp³-hybridized carbons (Fsp3) is 0.526. The summed E-state index contributed by atoms with van der Waals surface area (Å²) >= 11 is 0. The highest BCUT2D eigenvalue weighted by molar-refractivity contribution is 6.01. The van der Waals surface area contributed by atoms with E-state index in [1.54, 1.807) is 5.48 Å². The van der Waals surface area contributed by atoms with Crippen molar-refractivity contribution in [2.45, 2.75) is 45.7 Å². The predicted octanol–water partition coefficient (Wildman–Crippen LogP) is 1.46. The van der Waals surface area contributed by atoms with Crippen molar-refractivity contribution in [3.05, 3.63) is 35.9 Å². The van der Waals surface area contributed by atoms with E-state index in [2.05, 4.69) is 5.32 Å². The van der Waals surface area contributed by atoms with Crippen LogP contribution in [-0.2, 0) is 20.9 Å². The van der Waals surface area contributed by atoms with Gasteiger partial charge in [-0.2, -0.15) is 0 Å². The van der Waals surface area contributed by atoms with Crippen LogP contribution in [0.25, 0.3) is 0 Å². The molecule has 26 heavy (non-hydrogen) atoms. The highest BCUT2D eigenvalue weighted by atomic mass is 16.5. The van der Waals surface area contributed by atoms with Crippen molar-refractivity contribution in [3.8, 4) is 0 Å². The zero-order valence-corrected chi connectivity index (χ0v) is 15.3. The molecule has 1 aliphatic heterocycles. The minimum absolute atomic E-state index is 0.106. The number of hydrogen-bond acceptors (Lipinski definition) is 4. The molecule has 2 rings (SSSR count). The average Bonchev–Trinajstić information content (AvgIpc) is 3.13. The van der Waals surface area contributed by atoms with Gasteiger partial charge in [0.15, 0.2) is 0 Å². The average molecular weight is 361 g/mol. The van der Waals surface area contributed by atoms with E-state index in [-0.39, 0.29) is 11.8 Å². The summed E-state index contributed by atoms with van der Waals surface area (Å²) in [5, 5.41) is 11.8. The van der Waals surface area contributed by atoms with Crippen molar-refractivity contribution in [3.63, 3.8) is 0 Å². The molecule has 0 spiro atoms. The van der Waals surface area contributed by atoms with Crippen molar-refractivity contribution in [2.24, 2.45) is 11.8 Å². The van der Waals surface area contributed by atoms with Crippen LogP contribution in [0.2, 0.25) is 0 Å². The second-order valence-electron chi connectivity index (χ2n) is 7.05. The molecule has 0 unspecified atom stereocenters. The SMILES string of the molecule is CC(C)C[C@H](C(=O)NO)C(=O)N1CCC[C@H]1C(=O)NCc1ccccc1. The number of carbonyl (C=O) groups is 3. The molecule has 1 aromatic rings.